The Morgan fingerprint density at radius 3 is 1.06 bits per heavy atom. The van der Waals surface area contributed by atoms with Crippen molar-refractivity contribution in [2.24, 2.45) is 0 Å². The molecule has 0 fully saturated rings. The molecule has 0 saturated heterocycles. The molecule has 3 nitrogen and oxygen atoms in total. The summed E-state index contributed by atoms with van der Waals surface area (Å²) < 4.78 is 23.7. The third kappa shape index (κ3) is 7.18. The van der Waals surface area contributed by atoms with Gasteiger partial charge in [0.25, 0.3) is 0 Å². The Morgan fingerprint density at radius 2 is 0.889 bits per heavy atom. The monoisotopic (exact) mass is 330 g/mol. The molecule has 0 unspecified atom stereocenters. The quantitative estimate of drug-likeness (QED) is 0.451. The second-order valence-corrected chi connectivity index (χ2v) is 14.0. The van der Waals surface area contributed by atoms with Gasteiger partial charge >= 0.3 is 122 Å². The van der Waals surface area contributed by atoms with Gasteiger partial charge in [0.1, 0.15) is 0 Å². The number of rotatable bonds is 8. The minimum absolute atomic E-state index is 0.435. The Balaban J connectivity index is 4.48. The molecule has 0 saturated carbocycles. The van der Waals surface area contributed by atoms with Crippen LogP contribution in [0.2, 0.25) is 0 Å². The molecule has 0 aliphatic rings. The Bertz CT molecular complexity index is 218. The van der Waals surface area contributed by atoms with Crippen molar-refractivity contribution in [3.05, 3.63) is 0 Å². The second-order valence-electron chi connectivity index (χ2n) is 5.53. The van der Waals surface area contributed by atoms with Crippen molar-refractivity contribution >= 4 is 16.3 Å². The van der Waals surface area contributed by atoms with E-state index in [1.807, 2.05) is 0 Å². The van der Waals surface area contributed by atoms with Crippen molar-refractivity contribution in [3.8, 4) is 0 Å². The van der Waals surface area contributed by atoms with Gasteiger partial charge in [0, 0.05) is 0 Å². The fraction of sp³-hybridized carbons (Fsp3) is 1.00. The average Bonchev–Trinajstić information content (AvgIpc) is 2.20. The second kappa shape index (κ2) is 9.27. The molecule has 18 heavy (non-hydrogen) atoms. The molecule has 6 heteroatoms. The molecule has 0 N–H and O–H groups in total. The summed E-state index contributed by atoms with van der Waals surface area (Å²) >= 11 is -3.02. The van der Waals surface area contributed by atoms with Gasteiger partial charge in [0.05, 0.1) is 0 Å². The van der Waals surface area contributed by atoms with E-state index in [0.717, 1.165) is 0 Å². The minimum atomic E-state index is -3.02. The van der Waals surface area contributed by atoms with Gasteiger partial charge in [0.2, 0.25) is 0 Å². The molecule has 0 heterocycles. The van der Waals surface area contributed by atoms with Crippen molar-refractivity contribution in [2.75, 3.05) is 0 Å². The van der Waals surface area contributed by atoms with E-state index in [1.165, 1.54) is 0 Å². The predicted molar refractivity (Wildman–Crippen MR) is 77.2 cm³/mol. The molecular weight excluding hydrogens is 302 g/mol. The van der Waals surface area contributed by atoms with Gasteiger partial charge in [-0.05, 0) is 0 Å². The van der Waals surface area contributed by atoms with Gasteiger partial charge < -0.3 is 0 Å². The zero-order valence-corrected chi connectivity index (χ0v) is 16.3. The van der Waals surface area contributed by atoms with Crippen molar-refractivity contribution in [1.82, 2.24) is 0 Å². The van der Waals surface area contributed by atoms with Gasteiger partial charge in [-0.1, -0.05) is 0 Å². The van der Waals surface area contributed by atoms with E-state index >= 15 is 0 Å². The number of hydrogen-bond donors (Lipinski definition) is 0. The maximum atomic E-state index is 12.1. The van der Waals surface area contributed by atoms with Gasteiger partial charge in [-0.25, -0.2) is 0 Å². The van der Waals surface area contributed by atoms with Crippen LogP contribution in [0.3, 0.4) is 0 Å². The van der Waals surface area contributed by atoms with Crippen molar-refractivity contribution in [2.45, 2.75) is 78.0 Å². The Hall–Kier alpha value is 1.29. The van der Waals surface area contributed by atoms with Gasteiger partial charge in [0.15, 0.2) is 0 Å². The molecule has 0 atom stereocenters. The van der Waals surface area contributed by atoms with E-state index in [1.54, 1.807) is 0 Å². The van der Waals surface area contributed by atoms with Crippen LogP contribution in [0.25, 0.3) is 0 Å². The summed E-state index contributed by atoms with van der Waals surface area (Å²) in [5.41, 5.74) is 1.74. The Kier molecular flexibility index (Phi) is 9.94. The first-order valence-corrected chi connectivity index (χ1v) is 11.3. The fourth-order valence-corrected chi connectivity index (χ4v) is 11.5. The first-order chi connectivity index (χ1) is 8.16. The van der Waals surface area contributed by atoms with Crippen LogP contribution in [0.5, 0.6) is 0 Å². The molecule has 0 aromatic carbocycles. The van der Waals surface area contributed by atoms with Crippen molar-refractivity contribution in [1.29, 1.82) is 0 Å². The molecule has 108 valence electrons. The van der Waals surface area contributed by atoms with E-state index < -0.39 is 34.9 Å². The molecule has 0 amide bonds. The van der Waals surface area contributed by atoms with Crippen LogP contribution in [0.15, 0.2) is 0 Å². The summed E-state index contributed by atoms with van der Waals surface area (Å²) in [6, 6.07) is 0. The van der Waals surface area contributed by atoms with Crippen LogP contribution >= 0.6 is 16.3 Å². The molecule has 0 bridgehead atoms. The van der Waals surface area contributed by atoms with Crippen LogP contribution in [0, 0.1) is 0 Å². The molecular formula is C12H28O3P2Ti. The normalized spacial score (nSPS) is 12.8. The van der Waals surface area contributed by atoms with Crippen molar-refractivity contribution < 1.29 is 28.2 Å². The zero-order valence-electron chi connectivity index (χ0n) is 12.9. The summed E-state index contributed by atoms with van der Waals surface area (Å²) in [6.07, 6.45) is 0. The van der Waals surface area contributed by atoms with Crippen LogP contribution in [-0.2, 0) is 28.2 Å². The molecule has 0 aromatic rings. The molecule has 0 aliphatic heterocycles. The van der Waals surface area contributed by atoms with E-state index in [4.69, 9.17) is 6.21 Å². The first-order valence-electron chi connectivity index (χ1n) is 6.63. The summed E-state index contributed by atoms with van der Waals surface area (Å²) in [4.78, 5) is 0. The fourth-order valence-electron chi connectivity index (χ4n) is 1.80. The molecule has 0 aromatic heterocycles. The summed E-state index contributed by atoms with van der Waals surface area (Å²) in [5, 5.41) is 0. The summed E-state index contributed by atoms with van der Waals surface area (Å²) in [6.45, 7) is 17.0. The van der Waals surface area contributed by atoms with E-state index in [9.17, 15) is 3.32 Å². The third-order valence-electron chi connectivity index (χ3n) is 2.40. The van der Waals surface area contributed by atoms with E-state index in [-0.39, 0.29) is 0 Å². The molecule has 0 radical (unpaired) electrons. The third-order valence-corrected chi connectivity index (χ3v) is 10.6. The average molecular weight is 330 g/mol. The zero-order chi connectivity index (χ0) is 14.5. The SMILES string of the molecule is CC(C)P([O][Ti](=[O])[O]P(C(C)C)C(C)C)C(C)C. The summed E-state index contributed by atoms with van der Waals surface area (Å²) in [5.74, 6) is 0. The summed E-state index contributed by atoms with van der Waals surface area (Å²) in [7, 11) is -1.28. The van der Waals surface area contributed by atoms with Crippen LogP contribution < -0.4 is 0 Å². The van der Waals surface area contributed by atoms with Crippen molar-refractivity contribution in [3.63, 3.8) is 0 Å². The van der Waals surface area contributed by atoms with Gasteiger partial charge in [-0.2, -0.15) is 0 Å². The maximum absolute atomic E-state index is 12.1. The molecule has 0 aliphatic carbocycles. The predicted octanol–water partition coefficient (Wildman–Crippen LogP) is 5.24. The van der Waals surface area contributed by atoms with E-state index in [0.29, 0.717) is 22.6 Å². The molecule has 0 spiro atoms. The van der Waals surface area contributed by atoms with Gasteiger partial charge in [-0.15, -0.1) is 0 Å². The van der Waals surface area contributed by atoms with E-state index in [2.05, 4.69) is 55.4 Å². The first kappa shape index (κ1) is 19.3. The van der Waals surface area contributed by atoms with Gasteiger partial charge in [-0.3, -0.25) is 0 Å². The van der Waals surface area contributed by atoms with Crippen LogP contribution in [0.1, 0.15) is 55.4 Å². The van der Waals surface area contributed by atoms with Crippen LogP contribution in [-0.4, -0.2) is 22.6 Å². The Labute approximate surface area is 122 Å². The Morgan fingerprint density at radius 1 is 0.667 bits per heavy atom. The topological polar surface area (TPSA) is 35.5 Å². The van der Waals surface area contributed by atoms with Crippen LogP contribution in [0.4, 0.5) is 0 Å². The molecule has 0 rings (SSSR count). The standard InChI is InChI=1S/2C6H14OP.O.Ti/c2*1-5(2)8(7)6(3)4;;/h2*5-6H,1-4H3;;/q2*-1;;+2. The number of hydrogen-bond acceptors (Lipinski definition) is 3.